The Kier molecular flexibility index (Phi) is 3.87. The molecular weight excluding hydrogens is 272 g/mol. The first-order valence-electron chi connectivity index (χ1n) is 8.79. The normalized spacial score (nSPS) is 42.1. The molecule has 3 aliphatic rings. The number of hydrogen-bond acceptors (Lipinski definition) is 2. The molecule has 2 heteroatoms. The molecule has 0 aromatic carbocycles. The molecule has 4 atom stereocenters. The number of Topliss-reactive ketones (excluding diaryl/α,β-unsaturated/α-hetero) is 1. The van der Waals surface area contributed by atoms with Gasteiger partial charge in [0, 0.05) is 6.42 Å². The quantitative estimate of drug-likeness (QED) is 0.358. The standard InChI is InChI=1S/C20H30O2/c1-13(2)18-15-9-11-20(5)17(22-20)7-6-14(3)8-10-19(15,4)12-16(18)21/h8,15,17H,6-7,9-12H2,1-5H3/t15-,17-,19-,20-/m0/s1. The van der Waals surface area contributed by atoms with Crippen LogP contribution in [0.1, 0.15) is 73.1 Å². The first-order valence-corrected chi connectivity index (χ1v) is 8.79. The summed E-state index contributed by atoms with van der Waals surface area (Å²) in [7, 11) is 0. The van der Waals surface area contributed by atoms with Crippen LogP contribution in [0.25, 0.3) is 0 Å². The number of carbonyl (C=O) groups excluding carboxylic acids is 1. The van der Waals surface area contributed by atoms with Crippen molar-refractivity contribution < 1.29 is 9.53 Å². The summed E-state index contributed by atoms with van der Waals surface area (Å²) in [6.07, 6.45) is 9.01. The highest BCUT2D eigenvalue weighted by Crippen LogP contribution is 2.53. The van der Waals surface area contributed by atoms with E-state index in [2.05, 4.69) is 40.7 Å². The van der Waals surface area contributed by atoms with Crippen LogP contribution < -0.4 is 0 Å². The lowest BCUT2D eigenvalue weighted by atomic mass is 9.72. The molecule has 1 saturated carbocycles. The topological polar surface area (TPSA) is 29.6 Å². The first-order chi connectivity index (χ1) is 10.3. The van der Waals surface area contributed by atoms with Crippen LogP contribution in [0, 0.1) is 11.3 Å². The van der Waals surface area contributed by atoms with Gasteiger partial charge in [0.05, 0.1) is 11.7 Å². The lowest BCUT2D eigenvalue weighted by Crippen LogP contribution is -2.24. The monoisotopic (exact) mass is 302 g/mol. The molecule has 0 aromatic rings. The van der Waals surface area contributed by atoms with E-state index < -0.39 is 0 Å². The maximum Gasteiger partial charge on any atom is 0.159 e. The van der Waals surface area contributed by atoms with Crippen LogP contribution in [0.3, 0.4) is 0 Å². The van der Waals surface area contributed by atoms with Crippen molar-refractivity contribution in [2.75, 3.05) is 0 Å². The van der Waals surface area contributed by atoms with E-state index in [1.54, 1.807) is 0 Å². The van der Waals surface area contributed by atoms with E-state index in [1.165, 1.54) is 11.1 Å². The Morgan fingerprint density at radius 3 is 2.68 bits per heavy atom. The van der Waals surface area contributed by atoms with E-state index in [1.807, 2.05) is 0 Å². The first kappa shape index (κ1) is 16.0. The summed E-state index contributed by atoms with van der Waals surface area (Å²) in [5.74, 6) is 0.780. The third-order valence-electron chi connectivity index (χ3n) is 6.28. The van der Waals surface area contributed by atoms with Crippen molar-refractivity contribution in [2.45, 2.75) is 84.8 Å². The van der Waals surface area contributed by atoms with Crippen molar-refractivity contribution in [1.29, 1.82) is 0 Å². The van der Waals surface area contributed by atoms with Gasteiger partial charge in [0.2, 0.25) is 0 Å². The molecule has 0 radical (unpaired) electrons. The minimum absolute atomic E-state index is 0.0594. The van der Waals surface area contributed by atoms with Gasteiger partial charge in [0.15, 0.2) is 5.78 Å². The second-order valence-electron chi connectivity index (χ2n) is 8.47. The summed E-state index contributed by atoms with van der Waals surface area (Å²) in [6.45, 7) is 11.0. The number of fused-ring (bicyclic) bond motifs is 2. The molecular formula is C20H30O2. The Hall–Kier alpha value is -0.890. The maximum absolute atomic E-state index is 12.6. The van der Waals surface area contributed by atoms with Gasteiger partial charge in [-0.2, -0.15) is 0 Å². The average molecular weight is 302 g/mol. The molecule has 22 heavy (non-hydrogen) atoms. The molecule has 2 nitrogen and oxygen atoms in total. The zero-order valence-corrected chi connectivity index (χ0v) is 14.8. The van der Waals surface area contributed by atoms with E-state index in [-0.39, 0.29) is 11.0 Å². The van der Waals surface area contributed by atoms with E-state index >= 15 is 0 Å². The van der Waals surface area contributed by atoms with Crippen LogP contribution in [0.2, 0.25) is 0 Å². The van der Waals surface area contributed by atoms with Crippen LogP contribution in [0.4, 0.5) is 0 Å². The molecule has 0 aromatic heterocycles. The molecule has 122 valence electrons. The van der Waals surface area contributed by atoms with Gasteiger partial charge in [0.1, 0.15) is 0 Å². The predicted octanol–water partition coefficient (Wildman–Crippen LogP) is 4.99. The summed E-state index contributed by atoms with van der Waals surface area (Å²) in [5.41, 5.74) is 3.94. The number of ketones is 1. The smallest absolute Gasteiger partial charge is 0.159 e. The minimum Gasteiger partial charge on any atom is -0.366 e. The number of allylic oxidation sites excluding steroid dienone is 4. The number of rotatable bonds is 0. The molecule has 1 heterocycles. The summed E-state index contributed by atoms with van der Waals surface area (Å²) >= 11 is 0. The number of epoxide rings is 1. The molecule has 1 aliphatic heterocycles. The zero-order valence-electron chi connectivity index (χ0n) is 14.8. The van der Waals surface area contributed by atoms with Gasteiger partial charge < -0.3 is 4.74 Å². The lowest BCUT2D eigenvalue weighted by molar-refractivity contribution is -0.115. The van der Waals surface area contributed by atoms with Gasteiger partial charge in [-0.25, -0.2) is 0 Å². The summed E-state index contributed by atoms with van der Waals surface area (Å²) in [5, 5.41) is 0. The highest BCUT2D eigenvalue weighted by molar-refractivity contribution is 5.99. The number of hydrogen-bond donors (Lipinski definition) is 0. The molecule has 2 fully saturated rings. The Morgan fingerprint density at radius 2 is 2.00 bits per heavy atom. The van der Waals surface area contributed by atoms with Gasteiger partial charge in [-0.15, -0.1) is 0 Å². The molecule has 0 N–H and O–H groups in total. The third-order valence-corrected chi connectivity index (χ3v) is 6.28. The SMILES string of the molecule is CC1=CC[C@@]2(C)CC(=O)C(=C(C)C)[C@@H]2CC[C@]2(C)O[C@H]2CC1. The van der Waals surface area contributed by atoms with Crippen molar-refractivity contribution in [3.8, 4) is 0 Å². The van der Waals surface area contributed by atoms with Crippen molar-refractivity contribution in [2.24, 2.45) is 11.3 Å². The molecule has 3 rings (SSSR count). The largest absolute Gasteiger partial charge is 0.366 e. The summed E-state index contributed by atoms with van der Waals surface area (Å²) < 4.78 is 6.00. The molecule has 0 spiro atoms. The van der Waals surface area contributed by atoms with Gasteiger partial charge in [-0.1, -0.05) is 24.1 Å². The van der Waals surface area contributed by atoms with Crippen LogP contribution >= 0.6 is 0 Å². The summed E-state index contributed by atoms with van der Waals surface area (Å²) in [6, 6.07) is 0. The second kappa shape index (κ2) is 5.33. The van der Waals surface area contributed by atoms with Crippen molar-refractivity contribution in [3.05, 3.63) is 22.8 Å². The van der Waals surface area contributed by atoms with Gasteiger partial charge in [-0.3, -0.25) is 4.79 Å². The van der Waals surface area contributed by atoms with Crippen molar-refractivity contribution in [3.63, 3.8) is 0 Å². The van der Waals surface area contributed by atoms with Gasteiger partial charge in [-0.05, 0) is 76.7 Å². The molecule has 0 amide bonds. The van der Waals surface area contributed by atoms with Gasteiger partial charge in [0.25, 0.3) is 0 Å². The Morgan fingerprint density at radius 1 is 1.27 bits per heavy atom. The van der Waals surface area contributed by atoms with Gasteiger partial charge >= 0.3 is 0 Å². The molecule has 0 bridgehead atoms. The predicted molar refractivity (Wildman–Crippen MR) is 89.7 cm³/mol. The fraction of sp³-hybridized carbons (Fsp3) is 0.750. The van der Waals surface area contributed by atoms with E-state index in [0.29, 0.717) is 24.2 Å². The molecule has 1 saturated heterocycles. The van der Waals surface area contributed by atoms with Crippen LogP contribution in [0.5, 0.6) is 0 Å². The van der Waals surface area contributed by atoms with E-state index in [4.69, 9.17) is 4.74 Å². The maximum atomic E-state index is 12.6. The van der Waals surface area contributed by atoms with Crippen LogP contribution in [-0.2, 0) is 9.53 Å². The van der Waals surface area contributed by atoms with E-state index in [9.17, 15) is 4.79 Å². The Bertz CT molecular complexity index is 552. The number of carbonyl (C=O) groups is 1. The van der Waals surface area contributed by atoms with Crippen molar-refractivity contribution in [1.82, 2.24) is 0 Å². The highest BCUT2D eigenvalue weighted by Gasteiger charge is 2.53. The second-order valence-corrected chi connectivity index (χ2v) is 8.47. The fourth-order valence-electron chi connectivity index (χ4n) is 4.64. The molecule has 0 unspecified atom stereocenters. The minimum atomic E-state index is 0.0594. The zero-order chi connectivity index (χ0) is 16.1. The summed E-state index contributed by atoms with van der Waals surface area (Å²) in [4.78, 5) is 12.6. The van der Waals surface area contributed by atoms with Crippen LogP contribution in [0.15, 0.2) is 22.8 Å². The van der Waals surface area contributed by atoms with Crippen LogP contribution in [-0.4, -0.2) is 17.5 Å². The lowest BCUT2D eigenvalue weighted by Gasteiger charge is -2.31. The average Bonchev–Trinajstić information content (AvgIpc) is 2.99. The Labute approximate surface area is 135 Å². The Balaban J connectivity index is 1.95. The number of ether oxygens (including phenoxy) is 1. The van der Waals surface area contributed by atoms with E-state index in [0.717, 1.165) is 37.7 Å². The van der Waals surface area contributed by atoms with Crippen molar-refractivity contribution >= 4 is 5.78 Å². The fourth-order valence-corrected chi connectivity index (χ4v) is 4.64. The highest BCUT2D eigenvalue weighted by atomic mass is 16.6. The molecule has 2 aliphatic carbocycles. The third kappa shape index (κ3) is 2.71.